The molecular weight excluding hydrogens is 985 g/mol. The number of ether oxygens (including phenoxy) is 3. The molecule has 0 aromatic rings. The summed E-state index contributed by atoms with van der Waals surface area (Å²) in [4.78, 5) is 38.2. The normalized spacial score (nSPS) is 12.9. The molecule has 0 aliphatic rings. The van der Waals surface area contributed by atoms with Gasteiger partial charge in [-0.1, -0.05) is 309 Å². The number of carbonyl (C=O) groups excluding carboxylic acids is 3. The molecule has 0 aliphatic heterocycles. The second-order valence-electron chi connectivity index (χ2n) is 22.0. The Morgan fingerprint density at radius 2 is 0.525 bits per heavy atom. The largest absolute Gasteiger partial charge is 0.462 e. The summed E-state index contributed by atoms with van der Waals surface area (Å²) in [5, 5.41) is 0. The molecule has 80 heavy (non-hydrogen) atoms. The molecule has 1 unspecified atom stereocenters. The molecule has 0 spiro atoms. The minimum atomic E-state index is -0.807. The van der Waals surface area contributed by atoms with E-state index in [0.29, 0.717) is 19.3 Å². The van der Waals surface area contributed by atoms with Crippen molar-refractivity contribution in [2.75, 3.05) is 13.2 Å². The molecule has 1 atom stereocenters. The fourth-order valence-corrected chi connectivity index (χ4v) is 9.21. The summed E-state index contributed by atoms with van der Waals surface area (Å²) in [6.45, 7) is 6.44. The van der Waals surface area contributed by atoms with Gasteiger partial charge in [0.05, 0.1) is 0 Å². The van der Waals surface area contributed by atoms with Crippen LogP contribution in [-0.2, 0) is 28.6 Å². The molecule has 0 amide bonds. The van der Waals surface area contributed by atoms with Crippen LogP contribution in [0.1, 0.15) is 310 Å². The topological polar surface area (TPSA) is 78.9 Å². The lowest BCUT2D eigenvalue weighted by atomic mass is 10.0. The van der Waals surface area contributed by atoms with Crippen molar-refractivity contribution < 1.29 is 28.6 Å². The third-order valence-electron chi connectivity index (χ3n) is 14.2. The van der Waals surface area contributed by atoms with Crippen molar-refractivity contribution >= 4 is 17.9 Å². The maximum absolute atomic E-state index is 12.9. The van der Waals surface area contributed by atoms with E-state index < -0.39 is 6.10 Å². The summed E-state index contributed by atoms with van der Waals surface area (Å²) in [6.07, 6.45) is 93.8. The predicted octanol–water partition coefficient (Wildman–Crippen LogP) is 23.2. The van der Waals surface area contributed by atoms with Crippen molar-refractivity contribution in [1.82, 2.24) is 0 Å². The molecule has 0 aromatic carbocycles. The molecule has 0 bridgehead atoms. The first-order chi connectivity index (χ1) is 39.5. The molecule has 0 saturated heterocycles. The van der Waals surface area contributed by atoms with Crippen LogP contribution in [0.4, 0.5) is 0 Å². The first-order valence-electron chi connectivity index (χ1n) is 33.5. The molecular formula is C74H124O6. The third kappa shape index (κ3) is 64.6. The van der Waals surface area contributed by atoms with Gasteiger partial charge in [-0.05, 0) is 103 Å². The average molecular weight is 1110 g/mol. The van der Waals surface area contributed by atoms with Crippen LogP contribution in [0.3, 0.4) is 0 Å². The number of carbonyl (C=O) groups is 3. The van der Waals surface area contributed by atoms with Crippen LogP contribution in [0, 0.1) is 0 Å². The van der Waals surface area contributed by atoms with Crippen LogP contribution >= 0.6 is 0 Å². The number of unbranched alkanes of at least 4 members (excludes halogenated alkanes) is 29. The van der Waals surface area contributed by atoms with Crippen molar-refractivity contribution in [3.8, 4) is 0 Å². The van der Waals surface area contributed by atoms with E-state index in [1.54, 1.807) is 0 Å². The Balaban J connectivity index is 4.34. The van der Waals surface area contributed by atoms with Crippen LogP contribution in [0.25, 0.3) is 0 Å². The average Bonchev–Trinajstić information content (AvgIpc) is 3.46. The van der Waals surface area contributed by atoms with Crippen molar-refractivity contribution in [3.63, 3.8) is 0 Å². The Morgan fingerprint density at radius 3 is 0.875 bits per heavy atom. The summed E-state index contributed by atoms with van der Waals surface area (Å²) in [7, 11) is 0. The zero-order valence-corrected chi connectivity index (χ0v) is 52.3. The highest BCUT2D eigenvalue weighted by Crippen LogP contribution is 2.17. The van der Waals surface area contributed by atoms with Crippen molar-refractivity contribution in [2.24, 2.45) is 0 Å². The second kappa shape index (κ2) is 67.3. The maximum atomic E-state index is 12.9. The summed E-state index contributed by atoms with van der Waals surface area (Å²) < 4.78 is 16.8. The van der Waals surface area contributed by atoms with Crippen molar-refractivity contribution in [3.05, 3.63) is 122 Å². The first kappa shape index (κ1) is 75.8. The van der Waals surface area contributed by atoms with E-state index in [-0.39, 0.29) is 37.5 Å². The minimum Gasteiger partial charge on any atom is -0.462 e. The van der Waals surface area contributed by atoms with E-state index >= 15 is 0 Å². The Hall–Kier alpha value is -4.19. The SMILES string of the molecule is CC/C=C\C/C=C\C/C=C\C/C=C\C/C=C\C/C=C\C/C=C\C/C=C\C/C=C\CCCC(=O)OCC(COC(=O)CCCCCCC/C=C\CCC)OC(=O)CCCCCCCCCCCCCCCCCCCCCCCCC. The van der Waals surface area contributed by atoms with Gasteiger partial charge in [0.25, 0.3) is 0 Å². The quantitative estimate of drug-likeness (QED) is 0.0261. The molecule has 0 aliphatic carbocycles. The standard InChI is InChI=1S/C74H124O6/c1-4-7-10-13-16-19-22-24-26-28-30-32-34-35-36-37-38-39-41-42-44-46-48-50-52-55-58-61-64-67-73(76)79-70-71(69-78-72(75)66-63-60-57-54-21-18-15-12-9-6-3)80-74(77)68-65-62-59-56-53-51-49-47-45-43-40-33-31-29-27-25-23-20-17-14-11-8-5-2/h7,10,12,15-16,19,24,26,30,32,35-36,38-39,42,44,48,50,55,58,71H,4-6,8-9,11,13-14,17-18,20-23,25,27-29,31,33-34,37,40-41,43,45-47,49,51-54,56-57,59-70H2,1-3H3/b10-7-,15-12-,19-16-,26-24-,32-30-,36-35-,39-38-,44-42-,50-48-,58-55-. The Bertz CT molecular complexity index is 1650. The Morgan fingerprint density at radius 1 is 0.263 bits per heavy atom. The highest BCUT2D eigenvalue weighted by Gasteiger charge is 2.19. The molecule has 0 heterocycles. The van der Waals surface area contributed by atoms with Crippen LogP contribution in [0.2, 0.25) is 0 Å². The van der Waals surface area contributed by atoms with E-state index in [2.05, 4.69) is 142 Å². The fourth-order valence-electron chi connectivity index (χ4n) is 9.21. The molecule has 0 rings (SSSR count). The zero-order chi connectivity index (χ0) is 57.8. The highest BCUT2D eigenvalue weighted by atomic mass is 16.6. The van der Waals surface area contributed by atoms with E-state index in [4.69, 9.17) is 14.2 Å². The molecule has 0 aromatic heterocycles. The summed E-state index contributed by atoms with van der Waals surface area (Å²) in [5.41, 5.74) is 0. The molecule has 6 nitrogen and oxygen atoms in total. The van der Waals surface area contributed by atoms with E-state index in [9.17, 15) is 14.4 Å². The third-order valence-corrected chi connectivity index (χ3v) is 14.2. The first-order valence-corrected chi connectivity index (χ1v) is 33.5. The van der Waals surface area contributed by atoms with Crippen LogP contribution < -0.4 is 0 Å². The molecule has 0 N–H and O–H groups in total. The van der Waals surface area contributed by atoms with Gasteiger partial charge in [0, 0.05) is 19.3 Å². The fraction of sp³-hybridized carbons (Fsp3) is 0.689. The molecule has 6 heteroatoms. The van der Waals surface area contributed by atoms with Crippen molar-refractivity contribution in [2.45, 2.75) is 316 Å². The van der Waals surface area contributed by atoms with Gasteiger partial charge in [-0.2, -0.15) is 0 Å². The summed E-state index contributed by atoms with van der Waals surface area (Å²) in [6, 6.07) is 0. The van der Waals surface area contributed by atoms with E-state index in [1.165, 1.54) is 141 Å². The van der Waals surface area contributed by atoms with Gasteiger partial charge in [-0.3, -0.25) is 14.4 Å². The van der Waals surface area contributed by atoms with Gasteiger partial charge in [-0.15, -0.1) is 0 Å². The lowest BCUT2D eigenvalue weighted by molar-refractivity contribution is -0.167. The zero-order valence-electron chi connectivity index (χ0n) is 52.3. The van der Waals surface area contributed by atoms with Gasteiger partial charge in [-0.25, -0.2) is 0 Å². The molecule has 0 saturated carbocycles. The van der Waals surface area contributed by atoms with Crippen LogP contribution in [0.5, 0.6) is 0 Å². The smallest absolute Gasteiger partial charge is 0.306 e. The van der Waals surface area contributed by atoms with Gasteiger partial charge in [0.2, 0.25) is 0 Å². The number of esters is 3. The van der Waals surface area contributed by atoms with Crippen LogP contribution in [-0.4, -0.2) is 37.2 Å². The molecule has 0 radical (unpaired) electrons. The molecule has 456 valence electrons. The highest BCUT2D eigenvalue weighted by molar-refractivity contribution is 5.71. The number of hydrogen-bond donors (Lipinski definition) is 0. The van der Waals surface area contributed by atoms with E-state index in [0.717, 1.165) is 122 Å². The lowest BCUT2D eigenvalue weighted by Crippen LogP contribution is -2.30. The Labute approximate surface area is 494 Å². The molecule has 0 fully saturated rings. The Kier molecular flexibility index (Phi) is 63.8. The summed E-state index contributed by atoms with van der Waals surface area (Å²) >= 11 is 0. The predicted molar refractivity (Wildman–Crippen MR) is 348 cm³/mol. The van der Waals surface area contributed by atoms with Gasteiger partial charge in [0.15, 0.2) is 6.10 Å². The van der Waals surface area contributed by atoms with Crippen molar-refractivity contribution in [1.29, 1.82) is 0 Å². The van der Waals surface area contributed by atoms with Gasteiger partial charge in [0.1, 0.15) is 13.2 Å². The maximum Gasteiger partial charge on any atom is 0.306 e. The number of rotatable bonds is 60. The van der Waals surface area contributed by atoms with Crippen LogP contribution in [0.15, 0.2) is 122 Å². The minimum absolute atomic E-state index is 0.100. The van der Waals surface area contributed by atoms with Gasteiger partial charge >= 0.3 is 17.9 Å². The van der Waals surface area contributed by atoms with E-state index in [1.807, 2.05) is 0 Å². The number of allylic oxidation sites excluding steroid dienone is 20. The second-order valence-corrected chi connectivity index (χ2v) is 22.0. The number of hydrogen-bond acceptors (Lipinski definition) is 6. The van der Waals surface area contributed by atoms with Gasteiger partial charge < -0.3 is 14.2 Å². The monoisotopic (exact) mass is 1110 g/mol. The summed E-state index contributed by atoms with van der Waals surface area (Å²) in [5.74, 6) is -0.965. The lowest BCUT2D eigenvalue weighted by Gasteiger charge is -2.18.